The van der Waals surface area contributed by atoms with Gasteiger partial charge in [-0.1, -0.05) is 54.9 Å². The van der Waals surface area contributed by atoms with Crippen LogP contribution < -0.4 is 13.9 Å². The first-order chi connectivity index (χ1) is 12.5. The van der Waals surface area contributed by atoms with Crippen LogP contribution in [-0.2, 0) is 10.8 Å². The zero-order chi connectivity index (χ0) is 20.8. The van der Waals surface area contributed by atoms with Crippen LogP contribution in [0.1, 0.15) is 78.9 Å². The number of hydrogen-bond acceptors (Lipinski definition) is 4. The van der Waals surface area contributed by atoms with E-state index in [1.807, 2.05) is 6.07 Å². The van der Waals surface area contributed by atoms with E-state index >= 15 is 0 Å². The third-order valence-electron chi connectivity index (χ3n) is 4.52. The van der Waals surface area contributed by atoms with E-state index in [0.717, 1.165) is 47.3 Å². The molecule has 0 bridgehead atoms. The van der Waals surface area contributed by atoms with Crippen molar-refractivity contribution >= 4 is 22.4 Å². The predicted octanol–water partition coefficient (Wildman–Crippen LogP) is 6.20. The van der Waals surface area contributed by atoms with Crippen LogP contribution in [-0.4, -0.2) is 29.2 Å². The average Bonchev–Trinajstić information content (AvgIpc) is 2.55. The molecule has 0 heterocycles. The standard InChI is InChI=1S/C22H38O3SSi/c1-10-11-15(26)12-13-27-25-17-14-16(23-8)18(21(2,3)4)20(24-9)19(17)22(5,6)7/h14-15,26H,10-13H2,1-9H3. The van der Waals surface area contributed by atoms with Gasteiger partial charge in [-0.3, -0.25) is 0 Å². The van der Waals surface area contributed by atoms with E-state index in [2.05, 4.69) is 61.1 Å². The normalized spacial score (nSPS) is 13.4. The fraction of sp³-hybridized carbons (Fsp3) is 0.727. The Morgan fingerprint density at radius 2 is 1.48 bits per heavy atom. The molecule has 0 saturated carbocycles. The van der Waals surface area contributed by atoms with E-state index in [0.29, 0.717) is 15.0 Å². The van der Waals surface area contributed by atoms with Gasteiger partial charge in [-0.25, -0.2) is 0 Å². The van der Waals surface area contributed by atoms with Crippen molar-refractivity contribution in [2.75, 3.05) is 14.2 Å². The Hall–Kier alpha value is -0.813. The highest BCUT2D eigenvalue weighted by atomic mass is 32.1. The molecule has 0 fully saturated rings. The van der Waals surface area contributed by atoms with Gasteiger partial charge in [-0.05, 0) is 29.7 Å². The van der Waals surface area contributed by atoms with Crippen LogP contribution in [0.4, 0.5) is 0 Å². The van der Waals surface area contributed by atoms with Gasteiger partial charge in [0.05, 0.1) is 14.2 Å². The van der Waals surface area contributed by atoms with E-state index in [1.54, 1.807) is 14.2 Å². The van der Waals surface area contributed by atoms with Gasteiger partial charge in [0.2, 0.25) is 0 Å². The Labute approximate surface area is 174 Å². The summed E-state index contributed by atoms with van der Waals surface area (Å²) in [6.07, 6.45) is 3.41. The lowest BCUT2D eigenvalue weighted by Gasteiger charge is -2.32. The fourth-order valence-electron chi connectivity index (χ4n) is 3.31. The topological polar surface area (TPSA) is 27.7 Å². The highest BCUT2D eigenvalue weighted by Crippen LogP contribution is 2.49. The molecule has 1 unspecified atom stereocenters. The second kappa shape index (κ2) is 10.1. The van der Waals surface area contributed by atoms with Crippen molar-refractivity contribution in [2.24, 2.45) is 0 Å². The molecular weight excluding hydrogens is 372 g/mol. The van der Waals surface area contributed by atoms with Gasteiger partial charge in [-0.15, -0.1) is 0 Å². The minimum Gasteiger partial charge on any atom is -0.540 e. The zero-order valence-electron chi connectivity index (χ0n) is 18.7. The third-order valence-corrected chi connectivity index (χ3v) is 5.89. The van der Waals surface area contributed by atoms with E-state index < -0.39 is 0 Å². The molecule has 1 aromatic rings. The maximum Gasteiger partial charge on any atom is 0.310 e. The van der Waals surface area contributed by atoms with Gasteiger partial charge in [0, 0.05) is 22.4 Å². The Balaban J connectivity index is 3.27. The molecule has 0 spiro atoms. The molecule has 1 atom stereocenters. The predicted molar refractivity (Wildman–Crippen MR) is 120 cm³/mol. The SMILES string of the molecule is CCCC(S)CC[Si]Oc1cc(OC)c(C(C)(C)C)c(OC)c1C(C)(C)C. The van der Waals surface area contributed by atoms with Gasteiger partial charge < -0.3 is 13.9 Å². The van der Waals surface area contributed by atoms with Crippen molar-refractivity contribution in [3.63, 3.8) is 0 Å². The minimum absolute atomic E-state index is 0.100. The van der Waals surface area contributed by atoms with Gasteiger partial charge in [0.15, 0.2) is 0 Å². The van der Waals surface area contributed by atoms with Crippen molar-refractivity contribution < 1.29 is 13.9 Å². The van der Waals surface area contributed by atoms with Crippen LogP contribution in [0.25, 0.3) is 0 Å². The summed E-state index contributed by atoms with van der Waals surface area (Å²) in [6.45, 7) is 15.3. The lowest BCUT2D eigenvalue weighted by molar-refractivity contribution is 0.352. The first-order valence-electron chi connectivity index (χ1n) is 9.85. The number of thiol groups is 1. The van der Waals surface area contributed by atoms with Crippen LogP contribution in [0.3, 0.4) is 0 Å². The molecule has 3 nitrogen and oxygen atoms in total. The molecule has 0 saturated heterocycles. The van der Waals surface area contributed by atoms with Gasteiger partial charge in [-0.2, -0.15) is 12.6 Å². The van der Waals surface area contributed by atoms with Crippen LogP contribution in [0.15, 0.2) is 6.07 Å². The van der Waals surface area contributed by atoms with E-state index in [9.17, 15) is 0 Å². The molecule has 0 aromatic heterocycles. The first kappa shape index (κ1) is 24.2. The summed E-state index contributed by atoms with van der Waals surface area (Å²) in [5, 5.41) is 0.459. The minimum atomic E-state index is -0.105. The molecule has 1 aromatic carbocycles. The Morgan fingerprint density at radius 3 is 1.93 bits per heavy atom. The molecule has 0 aliphatic heterocycles. The maximum atomic E-state index is 6.28. The monoisotopic (exact) mass is 410 g/mol. The highest BCUT2D eigenvalue weighted by Gasteiger charge is 2.33. The maximum absolute atomic E-state index is 6.28. The number of ether oxygens (including phenoxy) is 2. The van der Waals surface area contributed by atoms with Crippen LogP contribution in [0.5, 0.6) is 17.2 Å². The highest BCUT2D eigenvalue weighted by molar-refractivity contribution is 7.80. The molecule has 0 N–H and O–H groups in total. The van der Waals surface area contributed by atoms with Gasteiger partial charge >= 0.3 is 9.76 Å². The van der Waals surface area contributed by atoms with Crippen molar-refractivity contribution in [2.45, 2.75) is 89.9 Å². The second-order valence-corrected chi connectivity index (χ2v) is 10.8. The lowest BCUT2D eigenvalue weighted by atomic mass is 9.78. The summed E-state index contributed by atoms with van der Waals surface area (Å²) < 4.78 is 17.9. The third kappa shape index (κ3) is 6.63. The fourth-order valence-corrected chi connectivity index (χ4v) is 4.83. The summed E-state index contributed by atoms with van der Waals surface area (Å²) in [5.41, 5.74) is 1.99. The molecular formula is C22H38O3SSi. The number of rotatable bonds is 9. The van der Waals surface area contributed by atoms with Gasteiger partial charge in [0.25, 0.3) is 0 Å². The van der Waals surface area contributed by atoms with E-state index in [4.69, 9.17) is 13.9 Å². The first-order valence-corrected chi connectivity index (χ1v) is 11.5. The molecule has 1 rings (SSSR count). The van der Waals surface area contributed by atoms with Crippen molar-refractivity contribution in [3.8, 4) is 17.2 Å². The average molecular weight is 411 g/mol. The second-order valence-electron chi connectivity index (χ2n) is 9.09. The van der Waals surface area contributed by atoms with Crippen molar-refractivity contribution in [1.29, 1.82) is 0 Å². The summed E-state index contributed by atoms with van der Waals surface area (Å²) in [5.74, 6) is 2.58. The van der Waals surface area contributed by atoms with Crippen LogP contribution in [0, 0.1) is 0 Å². The molecule has 27 heavy (non-hydrogen) atoms. The molecule has 154 valence electrons. The molecule has 0 aliphatic carbocycles. The summed E-state index contributed by atoms with van der Waals surface area (Å²) in [4.78, 5) is 0. The van der Waals surface area contributed by atoms with Crippen LogP contribution >= 0.6 is 12.6 Å². The van der Waals surface area contributed by atoms with E-state index in [1.165, 1.54) is 6.42 Å². The smallest absolute Gasteiger partial charge is 0.310 e. The number of methoxy groups -OCH3 is 2. The summed E-state index contributed by atoms with van der Waals surface area (Å²) >= 11 is 4.65. The number of benzene rings is 1. The summed E-state index contributed by atoms with van der Waals surface area (Å²) in [7, 11) is 3.85. The van der Waals surface area contributed by atoms with Crippen LogP contribution in [0.2, 0.25) is 6.04 Å². The largest absolute Gasteiger partial charge is 0.540 e. The van der Waals surface area contributed by atoms with E-state index in [-0.39, 0.29) is 10.8 Å². The van der Waals surface area contributed by atoms with Gasteiger partial charge in [0.1, 0.15) is 17.2 Å². The molecule has 0 aliphatic rings. The number of hydrogen-bond donors (Lipinski definition) is 1. The lowest BCUT2D eigenvalue weighted by Crippen LogP contribution is -2.22. The molecule has 0 amide bonds. The van der Waals surface area contributed by atoms with Crippen molar-refractivity contribution in [3.05, 3.63) is 17.2 Å². The van der Waals surface area contributed by atoms with Crippen molar-refractivity contribution in [1.82, 2.24) is 0 Å². The molecule has 2 radical (unpaired) electrons. The zero-order valence-corrected chi connectivity index (χ0v) is 20.5. The Morgan fingerprint density at radius 1 is 0.926 bits per heavy atom. The quantitative estimate of drug-likeness (QED) is 0.298. The Bertz CT molecular complexity index is 603. The molecule has 5 heteroatoms. The summed E-state index contributed by atoms with van der Waals surface area (Å²) in [6, 6.07) is 3.06. The Kier molecular flexibility index (Phi) is 9.07.